The molecule has 3 heterocycles. The zero-order valence-electron chi connectivity index (χ0n) is 23.1. The molecule has 5 heteroatoms. The van der Waals surface area contributed by atoms with Crippen molar-refractivity contribution in [3.05, 3.63) is 157 Å². The van der Waals surface area contributed by atoms with Crippen LogP contribution < -0.4 is 0 Å². The maximum absolute atomic E-state index is 5.09. The van der Waals surface area contributed by atoms with Crippen molar-refractivity contribution in [3.63, 3.8) is 0 Å². The standard InChI is InChI=1S/C38H25BrN4/c39-35-22-33(32-7-4-18-41-25-32)21-34(23-35)37-24-36(30-12-8-27(9-13-30)26-5-2-1-3-6-26)42-38(43-37)31-14-10-28(11-15-31)29-16-19-40-20-17-29/h1-25H. The highest BCUT2D eigenvalue weighted by atomic mass is 79.9. The molecule has 7 rings (SSSR count). The number of rotatable bonds is 6. The minimum absolute atomic E-state index is 0.670. The largest absolute Gasteiger partial charge is 0.265 e. The third kappa shape index (κ3) is 5.89. The van der Waals surface area contributed by atoms with Gasteiger partial charge in [0.15, 0.2) is 5.82 Å². The van der Waals surface area contributed by atoms with Crippen molar-refractivity contribution in [3.8, 4) is 67.3 Å². The van der Waals surface area contributed by atoms with E-state index < -0.39 is 0 Å². The second-order valence-electron chi connectivity index (χ2n) is 10.2. The van der Waals surface area contributed by atoms with Gasteiger partial charge in [-0.05, 0) is 70.3 Å². The molecular formula is C38H25BrN4. The van der Waals surface area contributed by atoms with E-state index in [-0.39, 0.29) is 0 Å². The summed E-state index contributed by atoms with van der Waals surface area (Å²) >= 11 is 3.73. The number of hydrogen-bond donors (Lipinski definition) is 0. The first-order chi connectivity index (χ1) is 21.2. The summed E-state index contributed by atoms with van der Waals surface area (Å²) in [6.45, 7) is 0. The summed E-state index contributed by atoms with van der Waals surface area (Å²) < 4.78 is 0.972. The number of pyridine rings is 2. The van der Waals surface area contributed by atoms with E-state index in [2.05, 4.69) is 129 Å². The summed E-state index contributed by atoms with van der Waals surface area (Å²) in [6, 6.07) is 43.8. The molecule has 0 spiro atoms. The Balaban J connectivity index is 1.34. The second-order valence-corrected chi connectivity index (χ2v) is 11.1. The van der Waals surface area contributed by atoms with Gasteiger partial charge in [-0.25, -0.2) is 9.97 Å². The molecule has 0 saturated heterocycles. The third-order valence-corrected chi connectivity index (χ3v) is 7.82. The van der Waals surface area contributed by atoms with Gasteiger partial charge < -0.3 is 0 Å². The van der Waals surface area contributed by atoms with Crippen molar-refractivity contribution < 1.29 is 0 Å². The van der Waals surface area contributed by atoms with Crippen LogP contribution in [0, 0.1) is 0 Å². The zero-order valence-corrected chi connectivity index (χ0v) is 24.7. The normalized spacial score (nSPS) is 10.9. The molecule has 7 aromatic rings. The van der Waals surface area contributed by atoms with Crippen molar-refractivity contribution in [2.45, 2.75) is 0 Å². The molecule has 204 valence electrons. The van der Waals surface area contributed by atoms with Crippen molar-refractivity contribution in [1.29, 1.82) is 0 Å². The van der Waals surface area contributed by atoms with E-state index in [1.807, 2.05) is 42.9 Å². The highest BCUT2D eigenvalue weighted by Crippen LogP contribution is 2.33. The van der Waals surface area contributed by atoms with Gasteiger partial charge in [-0.15, -0.1) is 0 Å². The topological polar surface area (TPSA) is 51.6 Å². The Hall–Kier alpha value is -5.26. The number of halogens is 1. The fourth-order valence-electron chi connectivity index (χ4n) is 5.13. The average Bonchev–Trinajstić information content (AvgIpc) is 3.09. The first-order valence-corrected chi connectivity index (χ1v) is 14.8. The number of benzene rings is 4. The molecule has 4 aromatic carbocycles. The number of hydrogen-bond acceptors (Lipinski definition) is 4. The van der Waals surface area contributed by atoms with Gasteiger partial charge in [0.25, 0.3) is 0 Å². The van der Waals surface area contributed by atoms with Gasteiger partial charge in [-0.1, -0.05) is 101 Å². The van der Waals surface area contributed by atoms with Crippen LogP contribution in [0.4, 0.5) is 0 Å². The third-order valence-electron chi connectivity index (χ3n) is 7.36. The summed E-state index contributed by atoms with van der Waals surface area (Å²) in [7, 11) is 0. The van der Waals surface area contributed by atoms with Gasteiger partial charge in [-0.3, -0.25) is 9.97 Å². The number of aromatic nitrogens is 4. The molecule has 0 amide bonds. The highest BCUT2D eigenvalue weighted by molar-refractivity contribution is 9.10. The Morgan fingerprint density at radius 2 is 0.930 bits per heavy atom. The molecule has 43 heavy (non-hydrogen) atoms. The Morgan fingerprint density at radius 1 is 0.372 bits per heavy atom. The van der Waals surface area contributed by atoms with E-state index in [0.717, 1.165) is 54.8 Å². The SMILES string of the molecule is Brc1cc(-c2cccnc2)cc(-c2cc(-c3ccc(-c4ccccc4)cc3)nc(-c3ccc(-c4ccncc4)cc3)n2)c1. The zero-order chi connectivity index (χ0) is 29.0. The summed E-state index contributed by atoms with van der Waals surface area (Å²) in [4.78, 5) is 18.6. The Labute approximate surface area is 259 Å². The van der Waals surface area contributed by atoms with Gasteiger partial charge >= 0.3 is 0 Å². The van der Waals surface area contributed by atoms with Gasteiger partial charge in [0.2, 0.25) is 0 Å². The van der Waals surface area contributed by atoms with E-state index in [0.29, 0.717) is 5.82 Å². The molecule has 0 atom stereocenters. The quantitative estimate of drug-likeness (QED) is 0.186. The monoisotopic (exact) mass is 616 g/mol. The molecule has 0 aliphatic rings. The fourth-order valence-corrected chi connectivity index (χ4v) is 5.62. The molecule has 0 N–H and O–H groups in total. The smallest absolute Gasteiger partial charge is 0.160 e. The summed E-state index contributed by atoms with van der Waals surface area (Å²) in [5.41, 5.74) is 11.4. The Kier molecular flexibility index (Phi) is 7.38. The lowest BCUT2D eigenvalue weighted by Crippen LogP contribution is -1.96. The molecule has 3 aromatic heterocycles. The van der Waals surface area contributed by atoms with Crippen LogP contribution in [-0.4, -0.2) is 19.9 Å². The average molecular weight is 618 g/mol. The first kappa shape index (κ1) is 26.6. The maximum Gasteiger partial charge on any atom is 0.160 e. The molecule has 4 nitrogen and oxygen atoms in total. The minimum atomic E-state index is 0.670. The molecule has 0 fully saturated rings. The van der Waals surface area contributed by atoms with Crippen molar-refractivity contribution in [1.82, 2.24) is 19.9 Å². The molecule has 0 aliphatic heterocycles. The van der Waals surface area contributed by atoms with Crippen molar-refractivity contribution >= 4 is 15.9 Å². The van der Waals surface area contributed by atoms with E-state index >= 15 is 0 Å². The van der Waals surface area contributed by atoms with E-state index in [1.165, 1.54) is 11.1 Å². The molecule has 0 bridgehead atoms. The van der Waals surface area contributed by atoms with Crippen LogP contribution in [0.5, 0.6) is 0 Å². The molecular weight excluding hydrogens is 592 g/mol. The predicted molar refractivity (Wildman–Crippen MR) is 178 cm³/mol. The van der Waals surface area contributed by atoms with Crippen LogP contribution in [-0.2, 0) is 0 Å². The highest BCUT2D eigenvalue weighted by Gasteiger charge is 2.13. The second kappa shape index (κ2) is 11.9. The van der Waals surface area contributed by atoms with Crippen LogP contribution >= 0.6 is 15.9 Å². The summed E-state index contributed by atoms with van der Waals surface area (Å²) in [5.74, 6) is 0.670. The fraction of sp³-hybridized carbons (Fsp3) is 0. The summed E-state index contributed by atoms with van der Waals surface area (Å²) in [6.07, 6.45) is 7.28. The lowest BCUT2D eigenvalue weighted by Gasteiger charge is -2.12. The van der Waals surface area contributed by atoms with Crippen LogP contribution in [0.1, 0.15) is 0 Å². The van der Waals surface area contributed by atoms with Gasteiger partial charge in [0, 0.05) is 51.5 Å². The molecule has 0 unspecified atom stereocenters. The molecule has 0 aliphatic carbocycles. The van der Waals surface area contributed by atoms with Crippen molar-refractivity contribution in [2.75, 3.05) is 0 Å². The summed E-state index contributed by atoms with van der Waals surface area (Å²) in [5, 5.41) is 0. The minimum Gasteiger partial charge on any atom is -0.265 e. The van der Waals surface area contributed by atoms with Gasteiger partial charge in [-0.2, -0.15) is 0 Å². The Bertz CT molecular complexity index is 1890. The molecule has 0 saturated carbocycles. The van der Waals surface area contributed by atoms with Crippen LogP contribution in [0.15, 0.2) is 157 Å². The number of nitrogens with zero attached hydrogens (tertiary/aromatic N) is 4. The van der Waals surface area contributed by atoms with Gasteiger partial charge in [0.05, 0.1) is 11.4 Å². The lowest BCUT2D eigenvalue weighted by molar-refractivity contribution is 1.18. The van der Waals surface area contributed by atoms with Crippen LogP contribution in [0.2, 0.25) is 0 Å². The van der Waals surface area contributed by atoms with Crippen LogP contribution in [0.3, 0.4) is 0 Å². The first-order valence-electron chi connectivity index (χ1n) is 14.0. The lowest BCUT2D eigenvalue weighted by atomic mass is 10.00. The van der Waals surface area contributed by atoms with Gasteiger partial charge in [0.1, 0.15) is 0 Å². The van der Waals surface area contributed by atoms with E-state index in [4.69, 9.17) is 9.97 Å². The van der Waals surface area contributed by atoms with E-state index in [1.54, 1.807) is 6.20 Å². The van der Waals surface area contributed by atoms with Crippen molar-refractivity contribution in [2.24, 2.45) is 0 Å². The predicted octanol–water partition coefficient (Wildman–Crippen LogP) is 10.0. The molecule has 0 radical (unpaired) electrons. The van der Waals surface area contributed by atoms with E-state index in [9.17, 15) is 0 Å². The van der Waals surface area contributed by atoms with Crippen LogP contribution in [0.25, 0.3) is 67.3 Å². The Morgan fingerprint density at radius 3 is 1.60 bits per heavy atom. The maximum atomic E-state index is 5.09.